The number of anilines is 1. The minimum absolute atomic E-state index is 0.264. The van der Waals surface area contributed by atoms with E-state index < -0.39 is 0 Å². The van der Waals surface area contributed by atoms with Crippen molar-refractivity contribution in [3.63, 3.8) is 0 Å². The highest BCUT2D eigenvalue weighted by Gasteiger charge is 2.14. The van der Waals surface area contributed by atoms with Crippen molar-refractivity contribution in [2.45, 2.75) is 10.1 Å². The molecule has 128 valence electrons. The number of carbonyl (C=O) groups is 1. The molecule has 2 aromatic carbocycles. The van der Waals surface area contributed by atoms with Crippen LogP contribution in [0.25, 0.3) is 0 Å². The van der Waals surface area contributed by atoms with Crippen LogP contribution in [0, 0.1) is 5.82 Å². The molecule has 0 unspecified atom stereocenters. The molecule has 3 rings (SSSR count). The van der Waals surface area contributed by atoms with E-state index in [-0.39, 0.29) is 16.7 Å². The Morgan fingerprint density at radius 3 is 2.64 bits per heavy atom. The number of rotatable bonds is 5. The van der Waals surface area contributed by atoms with E-state index in [1.807, 2.05) is 0 Å². The van der Waals surface area contributed by atoms with Crippen LogP contribution in [0.15, 0.2) is 46.8 Å². The Kier molecular flexibility index (Phi) is 5.90. The molecule has 0 aliphatic rings. The Morgan fingerprint density at radius 2 is 1.92 bits per heavy atom. The van der Waals surface area contributed by atoms with Crippen LogP contribution in [-0.2, 0) is 5.75 Å². The molecule has 0 saturated carbocycles. The van der Waals surface area contributed by atoms with Gasteiger partial charge in [0.25, 0.3) is 5.91 Å². The Morgan fingerprint density at radius 1 is 1.16 bits per heavy atom. The fourth-order valence-electron chi connectivity index (χ4n) is 1.88. The van der Waals surface area contributed by atoms with Crippen molar-refractivity contribution in [2.75, 3.05) is 5.32 Å². The minimum atomic E-state index is -0.382. The number of thioether (sulfide) groups is 1. The van der Waals surface area contributed by atoms with Crippen molar-refractivity contribution in [1.29, 1.82) is 0 Å². The quantitative estimate of drug-likeness (QED) is 0.441. The molecule has 0 bridgehead atoms. The maximum absolute atomic E-state index is 12.9. The molecule has 4 nitrogen and oxygen atoms in total. The first-order valence-electron chi connectivity index (χ1n) is 6.98. The fraction of sp³-hybridized carbons (Fsp3) is 0.0625. The molecule has 0 aliphatic heterocycles. The summed E-state index contributed by atoms with van der Waals surface area (Å²) in [5, 5.41) is 11.7. The lowest BCUT2D eigenvalue weighted by Gasteiger charge is -2.03. The third-order valence-electron chi connectivity index (χ3n) is 3.08. The summed E-state index contributed by atoms with van der Waals surface area (Å²) in [6.45, 7) is 0. The SMILES string of the molecule is O=C(Nc1nnc(SCc2ccc(F)cc2)s1)c1ccc(Cl)cc1Cl. The lowest BCUT2D eigenvalue weighted by atomic mass is 10.2. The number of nitrogens with zero attached hydrogens (tertiary/aromatic N) is 2. The summed E-state index contributed by atoms with van der Waals surface area (Å²) in [5.74, 6) is -0.0188. The molecule has 0 aliphatic carbocycles. The highest BCUT2D eigenvalue weighted by atomic mass is 35.5. The molecular weight excluding hydrogens is 404 g/mol. The van der Waals surface area contributed by atoms with Crippen LogP contribution in [0.2, 0.25) is 10.0 Å². The number of hydrogen-bond acceptors (Lipinski definition) is 5. The number of nitrogens with one attached hydrogen (secondary N) is 1. The molecule has 9 heteroatoms. The molecule has 1 amide bonds. The van der Waals surface area contributed by atoms with Crippen molar-refractivity contribution in [3.05, 3.63) is 69.5 Å². The van der Waals surface area contributed by atoms with Gasteiger partial charge in [-0.15, -0.1) is 10.2 Å². The van der Waals surface area contributed by atoms with Crippen LogP contribution < -0.4 is 5.32 Å². The zero-order valence-electron chi connectivity index (χ0n) is 12.5. The predicted octanol–water partition coefficient (Wildman–Crippen LogP) is 5.53. The predicted molar refractivity (Wildman–Crippen MR) is 100 cm³/mol. The van der Waals surface area contributed by atoms with E-state index in [1.54, 1.807) is 24.3 Å². The molecule has 0 saturated heterocycles. The molecule has 1 aromatic heterocycles. The van der Waals surface area contributed by atoms with E-state index in [2.05, 4.69) is 15.5 Å². The van der Waals surface area contributed by atoms with Gasteiger partial charge in [-0.2, -0.15) is 0 Å². The van der Waals surface area contributed by atoms with Crippen LogP contribution in [0.5, 0.6) is 0 Å². The van der Waals surface area contributed by atoms with Crippen LogP contribution in [0.3, 0.4) is 0 Å². The summed E-state index contributed by atoms with van der Waals surface area (Å²) in [7, 11) is 0. The first kappa shape index (κ1) is 18.1. The lowest BCUT2D eigenvalue weighted by Crippen LogP contribution is -2.12. The summed E-state index contributed by atoms with van der Waals surface area (Å²) in [4.78, 5) is 12.2. The largest absolute Gasteiger partial charge is 0.296 e. The van der Waals surface area contributed by atoms with Crippen LogP contribution >= 0.6 is 46.3 Å². The second-order valence-corrected chi connectivity index (χ2v) is 7.91. The highest BCUT2D eigenvalue weighted by molar-refractivity contribution is 8.00. The summed E-state index contributed by atoms with van der Waals surface area (Å²) in [6.07, 6.45) is 0. The Labute approximate surface area is 161 Å². The number of benzene rings is 2. The van der Waals surface area contributed by atoms with Crippen molar-refractivity contribution in [1.82, 2.24) is 10.2 Å². The zero-order chi connectivity index (χ0) is 17.8. The molecule has 25 heavy (non-hydrogen) atoms. The Bertz CT molecular complexity index is 903. The maximum Gasteiger partial charge on any atom is 0.259 e. The van der Waals surface area contributed by atoms with Crippen molar-refractivity contribution < 1.29 is 9.18 Å². The van der Waals surface area contributed by atoms with Crippen LogP contribution in [0.1, 0.15) is 15.9 Å². The van der Waals surface area contributed by atoms with Gasteiger partial charge in [-0.1, -0.05) is 58.4 Å². The van der Waals surface area contributed by atoms with E-state index in [0.29, 0.717) is 25.8 Å². The standard InChI is InChI=1S/C16H10Cl2FN3OS2/c17-10-3-6-12(13(18)7-10)14(23)20-15-21-22-16(25-15)24-8-9-1-4-11(19)5-2-9/h1-7H,8H2,(H,20,21,23). The molecule has 0 fully saturated rings. The first-order valence-corrected chi connectivity index (χ1v) is 9.54. The molecule has 1 N–H and O–H groups in total. The Hall–Kier alpha value is -1.67. The van der Waals surface area contributed by atoms with E-state index in [9.17, 15) is 9.18 Å². The number of aromatic nitrogens is 2. The van der Waals surface area contributed by atoms with Crippen molar-refractivity contribution in [3.8, 4) is 0 Å². The van der Waals surface area contributed by atoms with Crippen LogP contribution in [0.4, 0.5) is 9.52 Å². The second kappa shape index (κ2) is 8.14. The van der Waals surface area contributed by atoms with Gasteiger partial charge < -0.3 is 0 Å². The monoisotopic (exact) mass is 413 g/mol. The topological polar surface area (TPSA) is 54.9 Å². The molecule has 0 spiro atoms. The van der Waals surface area contributed by atoms with Crippen molar-refractivity contribution in [2.24, 2.45) is 0 Å². The maximum atomic E-state index is 12.9. The summed E-state index contributed by atoms with van der Waals surface area (Å²) >= 11 is 14.5. The van der Waals surface area contributed by atoms with Gasteiger partial charge in [0.15, 0.2) is 4.34 Å². The van der Waals surface area contributed by atoms with Gasteiger partial charge >= 0.3 is 0 Å². The normalized spacial score (nSPS) is 10.7. The molecule has 1 heterocycles. The van der Waals surface area contributed by atoms with Gasteiger partial charge in [0.2, 0.25) is 5.13 Å². The van der Waals surface area contributed by atoms with Crippen LogP contribution in [-0.4, -0.2) is 16.1 Å². The van der Waals surface area contributed by atoms with Gasteiger partial charge in [-0.05, 0) is 35.9 Å². The van der Waals surface area contributed by atoms with Crippen molar-refractivity contribution >= 4 is 57.3 Å². The average Bonchev–Trinajstić information content (AvgIpc) is 3.01. The van der Waals surface area contributed by atoms with E-state index in [1.165, 1.54) is 41.3 Å². The van der Waals surface area contributed by atoms with E-state index in [4.69, 9.17) is 23.2 Å². The third kappa shape index (κ3) is 4.92. The highest BCUT2D eigenvalue weighted by Crippen LogP contribution is 2.29. The van der Waals surface area contributed by atoms with Gasteiger partial charge in [0.1, 0.15) is 5.82 Å². The second-order valence-electron chi connectivity index (χ2n) is 4.87. The van der Waals surface area contributed by atoms with Gasteiger partial charge in [-0.25, -0.2) is 4.39 Å². The average molecular weight is 414 g/mol. The number of halogens is 3. The minimum Gasteiger partial charge on any atom is -0.296 e. The summed E-state index contributed by atoms with van der Waals surface area (Å²) in [6, 6.07) is 10.9. The smallest absolute Gasteiger partial charge is 0.259 e. The number of amides is 1. The van der Waals surface area contributed by atoms with Gasteiger partial charge in [-0.3, -0.25) is 10.1 Å². The lowest BCUT2D eigenvalue weighted by molar-refractivity contribution is 0.102. The number of carbonyl (C=O) groups excluding carboxylic acids is 1. The third-order valence-corrected chi connectivity index (χ3v) is 5.67. The summed E-state index contributed by atoms with van der Waals surface area (Å²) < 4.78 is 13.6. The Balaban J connectivity index is 1.61. The van der Waals surface area contributed by atoms with E-state index >= 15 is 0 Å². The van der Waals surface area contributed by atoms with E-state index in [0.717, 1.165) is 5.56 Å². The summed E-state index contributed by atoms with van der Waals surface area (Å²) in [5.41, 5.74) is 1.28. The first-order chi connectivity index (χ1) is 12.0. The zero-order valence-corrected chi connectivity index (χ0v) is 15.6. The van der Waals surface area contributed by atoms with Gasteiger partial charge in [0, 0.05) is 10.8 Å². The molecule has 0 atom stereocenters. The number of hydrogen-bond donors (Lipinski definition) is 1. The fourth-order valence-corrected chi connectivity index (χ4v) is 4.08. The molecule has 0 radical (unpaired) electrons. The van der Waals surface area contributed by atoms with Gasteiger partial charge in [0.05, 0.1) is 10.6 Å². The molecular formula is C16H10Cl2FN3OS2. The molecule has 3 aromatic rings.